The third-order valence-electron chi connectivity index (χ3n) is 4.12. The van der Waals surface area contributed by atoms with Crippen LogP contribution < -0.4 is 5.56 Å². The Morgan fingerprint density at radius 1 is 1.47 bits per heavy atom. The van der Waals surface area contributed by atoms with Crippen molar-refractivity contribution in [3.05, 3.63) is 33.2 Å². The van der Waals surface area contributed by atoms with Gasteiger partial charge in [-0.15, -0.1) is 0 Å². The van der Waals surface area contributed by atoms with Gasteiger partial charge in [0.25, 0.3) is 5.56 Å². The second kappa shape index (κ2) is 5.04. The highest BCUT2D eigenvalue weighted by atomic mass is 32.2. The van der Waals surface area contributed by atoms with Crippen molar-refractivity contribution < 1.29 is 9.90 Å². The maximum Gasteiger partial charge on any atom is 0.337 e. The maximum absolute atomic E-state index is 12.1. The van der Waals surface area contributed by atoms with Gasteiger partial charge < -0.3 is 9.67 Å². The molecule has 5 heteroatoms. The van der Waals surface area contributed by atoms with Gasteiger partial charge in [0.2, 0.25) is 0 Å². The third kappa shape index (κ3) is 2.43. The standard InChI is InChI=1S/C14H19NO3S/c1-9-7-11(16)15(10(2)12(9)13(17)18)8-14(19-3)5-4-6-14/h7H,4-6,8H2,1-3H3,(H,17,18). The molecule has 2 rings (SSSR count). The van der Waals surface area contributed by atoms with E-state index in [2.05, 4.69) is 6.26 Å². The topological polar surface area (TPSA) is 59.3 Å². The lowest BCUT2D eigenvalue weighted by Gasteiger charge is -2.41. The summed E-state index contributed by atoms with van der Waals surface area (Å²) >= 11 is 1.78. The van der Waals surface area contributed by atoms with Gasteiger partial charge in [0.1, 0.15) is 0 Å². The van der Waals surface area contributed by atoms with Crippen LogP contribution in [-0.2, 0) is 6.54 Å². The summed E-state index contributed by atoms with van der Waals surface area (Å²) in [5.74, 6) is -0.962. The molecule has 1 aromatic heterocycles. The van der Waals surface area contributed by atoms with E-state index in [4.69, 9.17) is 0 Å². The zero-order valence-corrected chi connectivity index (χ0v) is 12.3. The van der Waals surface area contributed by atoms with Crippen LogP contribution in [0.5, 0.6) is 0 Å². The lowest BCUT2D eigenvalue weighted by Crippen LogP contribution is -2.42. The molecule has 1 fully saturated rings. The second-order valence-electron chi connectivity index (χ2n) is 5.26. The van der Waals surface area contributed by atoms with Crippen molar-refractivity contribution in [2.45, 2.75) is 44.4 Å². The molecule has 0 saturated heterocycles. The average Bonchev–Trinajstić information content (AvgIpc) is 2.26. The Morgan fingerprint density at radius 2 is 2.11 bits per heavy atom. The van der Waals surface area contributed by atoms with Crippen molar-refractivity contribution in [1.82, 2.24) is 4.57 Å². The van der Waals surface area contributed by atoms with Gasteiger partial charge in [0.15, 0.2) is 0 Å². The van der Waals surface area contributed by atoms with Gasteiger partial charge in [-0.25, -0.2) is 4.79 Å². The maximum atomic E-state index is 12.1. The van der Waals surface area contributed by atoms with E-state index >= 15 is 0 Å². The Bertz CT molecular complexity index is 567. The summed E-state index contributed by atoms with van der Waals surface area (Å²) in [5, 5.41) is 9.27. The van der Waals surface area contributed by atoms with Crippen LogP contribution in [-0.4, -0.2) is 26.6 Å². The number of rotatable bonds is 4. The fourth-order valence-electron chi connectivity index (χ4n) is 2.73. The number of carboxylic acids is 1. The Kier molecular flexibility index (Phi) is 3.76. The Labute approximate surface area is 116 Å². The van der Waals surface area contributed by atoms with E-state index in [-0.39, 0.29) is 15.9 Å². The Hall–Kier alpha value is -1.23. The monoisotopic (exact) mass is 281 g/mol. The van der Waals surface area contributed by atoms with E-state index in [0.29, 0.717) is 17.8 Å². The lowest BCUT2D eigenvalue weighted by molar-refractivity contribution is 0.0693. The SMILES string of the molecule is CSC1(Cn2c(C)c(C(=O)O)c(C)cc2=O)CCC1. The summed E-state index contributed by atoms with van der Waals surface area (Å²) in [6.45, 7) is 4.01. The molecule has 1 aromatic rings. The number of carboxylic acid groups (broad SMARTS) is 1. The highest BCUT2D eigenvalue weighted by Gasteiger charge is 2.37. The van der Waals surface area contributed by atoms with Gasteiger partial charge in [-0.3, -0.25) is 4.79 Å². The minimum Gasteiger partial charge on any atom is -0.478 e. The van der Waals surface area contributed by atoms with Crippen LogP contribution in [0.4, 0.5) is 0 Å². The largest absolute Gasteiger partial charge is 0.478 e. The number of carbonyl (C=O) groups is 1. The van der Waals surface area contributed by atoms with Crippen molar-refractivity contribution >= 4 is 17.7 Å². The quantitative estimate of drug-likeness (QED) is 0.921. The van der Waals surface area contributed by atoms with Crippen LogP contribution >= 0.6 is 11.8 Å². The van der Waals surface area contributed by atoms with E-state index in [1.54, 1.807) is 30.2 Å². The molecule has 104 valence electrons. The molecule has 0 atom stereocenters. The zero-order valence-electron chi connectivity index (χ0n) is 11.5. The Balaban J connectivity index is 2.48. The number of hydrogen-bond acceptors (Lipinski definition) is 3. The average molecular weight is 281 g/mol. The number of thioether (sulfide) groups is 1. The predicted octanol–water partition coefficient (Wildman–Crippen LogP) is 2.45. The summed E-state index contributed by atoms with van der Waals surface area (Å²) in [7, 11) is 0. The first-order valence-corrected chi connectivity index (χ1v) is 7.62. The number of aryl methyl sites for hydroxylation is 1. The van der Waals surface area contributed by atoms with Gasteiger partial charge in [-0.1, -0.05) is 6.42 Å². The van der Waals surface area contributed by atoms with Crippen LogP contribution in [0, 0.1) is 13.8 Å². The van der Waals surface area contributed by atoms with Crippen molar-refractivity contribution in [3.63, 3.8) is 0 Å². The van der Waals surface area contributed by atoms with Crippen LogP contribution in [0.1, 0.15) is 40.9 Å². The fraction of sp³-hybridized carbons (Fsp3) is 0.571. The van der Waals surface area contributed by atoms with Crippen molar-refractivity contribution in [1.29, 1.82) is 0 Å². The van der Waals surface area contributed by atoms with Crippen molar-refractivity contribution in [2.24, 2.45) is 0 Å². The molecule has 1 N–H and O–H groups in total. The highest BCUT2D eigenvalue weighted by Crippen LogP contribution is 2.44. The van der Waals surface area contributed by atoms with Gasteiger partial charge in [0, 0.05) is 23.1 Å². The second-order valence-corrected chi connectivity index (χ2v) is 6.53. The van der Waals surface area contributed by atoms with Gasteiger partial charge >= 0.3 is 5.97 Å². The summed E-state index contributed by atoms with van der Waals surface area (Å²) in [6, 6.07) is 1.43. The fourth-order valence-corrected chi connectivity index (χ4v) is 3.68. The summed E-state index contributed by atoms with van der Waals surface area (Å²) in [6.07, 6.45) is 5.44. The molecule has 1 aliphatic rings. The molecular formula is C14H19NO3S. The minimum atomic E-state index is -0.962. The van der Waals surface area contributed by atoms with E-state index in [1.807, 2.05) is 0 Å². The first-order chi connectivity index (χ1) is 8.90. The highest BCUT2D eigenvalue weighted by molar-refractivity contribution is 8.00. The zero-order chi connectivity index (χ0) is 14.2. The predicted molar refractivity (Wildman–Crippen MR) is 77.2 cm³/mol. The van der Waals surface area contributed by atoms with Crippen molar-refractivity contribution in [2.75, 3.05) is 6.26 Å². The van der Waals surface area contributed by atoms with Gasteiger partial charge in [-0.05, 0) is 38.5 Å². The molecule has 4 nitrogen and oxygen atoms in total. The number of nitrogens with zero attached hydrogens (tertiary/aromatic N) is 1. The molecular weight excluding hydrogens is 262 g/mol. The third-order valence-corrected chi connectivity index (χ3v) is 5.53. The Morgan fingerprint density at radius 3 is 2.53 bits per heavy atom. The van der Waals surface area contributed by atoms with Crippen LogP contribution in [0.25, 0.3) is 0 Å². The van der Waals surface area contributed by atoms with Crippen LogP contribution in [0.15, 0.2) is 10.9 Å². The smallest absolute Gasteiger partial charge is 0.337 e. The minimum absolute atomic E-state index is 0.0969. The lowest BCUT2D eigenvalue weighted by atomic mass is 9.84. The van der Waals surface area contributed by atoms with Gasteiger partial charge in [-0.2, -0.15) is 11.8 Å². The van der Waals surface area contributed by atoms with Crippen LogP contribution in [0.2, 0.25) is 0 Å². The molecule has 1 saturated carbocycles. The molecule has 19 heavy (non-hydrogen) atoms. The molecule has 1 aliphatic carbocycles. The van der Waals surface area contributed by atoms with Gasteiger partial charge in [0.05, 0.1) is 5.56 Å². The number of aromatic nitrogens is 1. The molecule has 0 aromatic carbocycles. The molecule has 0 radical (unpaired) electrons. The van der Waals surface area contributed by atoms with E-state index < -0.39 is 5.97 Å². The van der Waals surface area contributed by atoms with Crippen molar-refractivity contribution in [3.8, 4) is 0 Å². The molecule has 1 heterocycles. The van der Waals surface area contributed by atoms with Crippen LogP contribution in [0.3, 0.4) is 0 Å². The number of aromatic carboxylic acids is 1. The van der Waals surface area contributed by atoms with E-state index in [9.17, 15) is 14.7 Å². The normalized spacial score (nSPS) is 17.0. The molecule has 0 spiro atoms. The molecule has 0 unspecified atom stereocenters. The molecule has 0 aliphatic heterocycles. The first kappa shape index (κ1) is 14.2. The summed E-state index contributed by atoms with van der Waals surface area (Å²) in [4.78, 5) is 23.4. The number of pyridine rings is 1. The molecule has 0 amide bonds. The molecule has 0 bridgehead atoms. The van der Waals surface area contributed by atoms with E-state index in [0.717, 1.165) is 12.8 Å². The summed E-state index contributed by atoms with van der Waals surface area (Å²) < 4.78 is 1.74. The first-order valence-electron chi connectivity index (χ1n) is 6.40. The van der Waals surface area contributed by atoms with E-state index in [1.165, 1.54) is 12.5 Å². The summed E-state index contributed by atoms with van der Waals surface area (Å²) in [5.41, 5.74) is 1.27. The number of hydrogen-bond donors (Lipinski definition) is 1.